The topological polar surface area (TPSA) is 67.5 Å². The van der Waals surface area contributed by atoms with Crippen molar-refractivity contribution in [3.63, 3.8) is 0 Å². The van der Waals surface area contributed by atoms with E-state index in [1.165, 1.54) is 19.3 Å². The maximum atomic E-state index is 6.40. The highest BCUT2D eigenvalue weighted by molar-refractivity contribution is 7.99. The van der Waals surface area contributed by atoms with E-state index in [-0.39, 0.29) is 6.10 Å². The minimum absolute atomic E-state index is 0.254. The number of nitrogen functional groups attached to an aromatic ring is 1. The zero-order valence-corrected chi connectivity index (χ0v) is 17.3. The molecular formula is C21H29N5OS. The predicted molar refractivity (Wildman–Crippen MR) is 114 cm³/mol. The van der Waals surface area contributed by atoms with Gasteiger partial charge < -0.3 is 20.3 Å². The van der Waals surface area contributed by atoms with Crippen molar-refractivity contribution in [3.8, 4) is 5.88 Å². The fourth-order valence-corrected chi connectivity index (χ4v) is 4.59. The predicted octanol–water partition coefficient (Wildman–Crippen LogP) is 3.67. The first-order valence-corrected chi connectivity index (χ1v) is 11.0. The average Bonchev–Trinajstić information content (AvgIpc) is 2.71. The van der Waals surface area contributed by atoms with Crippen molar-refractivity contribution in [1.82, 2.24) is 14.9 Å². The van der Waals surface area contributed by atoms with Crippen molar-refractivity contribution < 1.29 is 4.74 Å². The normalized spacial score (nSPS) is 19.0. The van der Waals surface area contributed by atoms with Gasteiger partial charge in [0.15, 0.2) is 0 Å². The Morgan fingerprint density at radius 2 is 1.89 bits per heavy atom. The molecule has 2 N–H and O–H groups in total. The number of anilines is 2. The van der Waals surface area contributed by atoms with Crippen molar-refractivity contribution >= 4 is 23.4 Å². The Hall–Kier alpha value is -1.99. The van der Waals surface area contributed by atoms with E-state index in [1.54, 1.807) is 11.8 Å². The molecule has 0 radical (unpaired) electrons. The van der Waals surface area contributed by atoms with E-state index in [1.807, 2.05) is 24.4 Å². The third-order valence-corrected chi connectivity index (χ3v) is 6.40. The number of hydrogen-bond donors (Lipinski definition) is 1. The molecule has 0 spiro atoms. The van der Waals surface area contributed by atoms with Crippen LogP contribution in [0.25, 0.3) is 0 Å². The fourth-order valence-electron chi connectivity index (χ4n) is 3.71. The van der Waals surface area contributed by atoms with Crippen LogP contribution in [0.3, 0.4) is 0 Å². The van der Waals surface area contributed by atoms with Crippen LogP contribution in [0.1, 0.15) is 32.1 Å². The number of nitrogens with two attached hydrogens (primary N) is 1. The maximum Gasteiger partial charge on any atom is 0.232 e. The first-order chi connectivity index (χ1) is 13.7. The summed E-state index contributed by atoms with van der Waals surface area (Å²) in [6.45, 7) is 3.95. The summed E-state index contributed by atoms with van der Waals surface area (Å²) in [5, 5.41) is 0. The van der Waals surface area contributed by atoms with E-state index in [9.17, 15) is 0 Å². The van der Waals surface area contributed by atoms with Gasteiger partial charge in [-0.3, -0.25) is 0 Å². The first-order valence-electron chi connectivity index (χ1n) is 10.2. The third kappa shape index (κ3) is 4.89. The lowest BCUT2D eigenvalue weighted by atomic mass is 9.98. The SMILES string of the molecule is CN1CCN(c2ncc(Sc3cccc(N)c3)c(OC3CCCCC3)n2)CC1. The van der Waals surface area contributed by atoms with Gasteiger partial charge in [0, 0.05) is 36.8 Å². The Bertz CT molecular complexity index is 788. The average molecular weight is 400 g/mol. The largest absolute Gasteiger partial charge is 0.473 e. The van der Waals surface area contributed by atoms with Gasteiger partial charge in [-0.25, -0.2) is 4.98 Å². The minimum atomic E-state index is 0.254. The van der Waals surface area contributed by atoms with Crippen molar-refractivity contribution in [3.05, 3.63) is 30.5 Å². The van der Waals surface area contributed by atoms with E-state index >= 15 is 0 Å². The molecule has 150 valence electrons. The lowest BCUT2D eigenvalue weighted by Gasteiger charge is -2.32. The molecule has 7 heteroatoms. The van der Waals surface area contributed by atoms with Crippen LogP contribution >= 0.6 is 11.8 Å². The van der Waals surface area contributed by atoms with Crippen LogP contribution in [0, 0.1) is 0 Å². The molecule has 2 aromatic rings. The van der Waals surface area contributed by atoms with Crippen LogP contribution in [0.15, 0.2) is 40.3 Å². The monoisotopic (exact) mass is 399 g/mol. The van der Waals surface area contributed by atoms with Crippen LogP contribution in [0.5, 0.6) is 5.88 Å². The zero-order chi connectivity index (χ0) is 19.3. The van der Waals surface area contributed by atoms with Gasteiger partial charge in [-0.1, -0.05) is 24.2 Å². The molecule has 6 nitrogen and oxygen atoms in total. The number of likely N-dealkylation sites (N-methyl/N-ethyl adjacent to an activating group) is 1. The summed E-state index contributed by atoms with van der Waals surface area (Å²) in [6, 6.07) is 7.90. The van der Waals surface area contributed by atoms with Crippen molar-refractivity contribution in [1.29, 1.82) is 0 Å². The second-order valence-corrected chi connectivity index (χ2v) is 8.80. The Labute approximate surface area is 171 Å². The van der Waals surface area contributed by atoms with Crippen molar-refractivity contribution in [2.45, 2.75) is 48.0 Å². The fraction of sp³-hybridized carbons (Fsp3) is 0.524. The molecule has 1 saturated carbocycles. The maximum absolute atomic E-state index is 6.40. The lowest BCUT2D eigenvalue weighted by Crippen LogP contribution is -2.45. The molecule has 1 saturated heterocycles. The van der Waals surface area contributed by atoms with E-state index < -0.39 is 0 Å². The van der Waals surface area contributed by atoms with Gasteiger partial charge in [-0.15, -0.1) is 0 Å². The molecule has 1 aliphatic carbocycles. The summed E-state index contributed by atoms with van der Waals surface area (Å²) < 4.78 is 6.40. The number of rotatable bonds is 5. The molecule has 1 aliphatic heterocycles. The molecule has 2 fully saturated rings. The number of nitrogens with zero attached hydrogens (tertiary/aromatic N) is 4. The summed E-state index contributed by atoms with van der Waals surface area (Å²) in [7, 11) is 2.15. The van der Waals surface area contributed by atoms with Crippen molar-refractivity contribution in [2.24, 2.45) is 0 Å². The molecule has 0 unspecified atom stereocenters. The smallest absolute Gasteiger partial charge is 0.232 e. The molecule has 0 amide bonds. The van der Waals surface area contributed by atoms with Gasteiger partial charge in [0.2, 0.25) is 11.8 Å². The molecule has 1 aromatic carbocycles. The van der Waals surface area contributed by atoms with Crippen LogP contribution in [0.2, 0.25) is 0 Å². The third-order valence-electron chi connectivity index (χ3n) is 5.41. The molecule has 1 aromatic heterocycles. The number of benzene rings is 1. The zero-order valence-electron chi connectivity index (χ0n) is 16.5. The second kappa shape index (κ2) is 9.01. The molecule has 4 rings (SSSR count). The van der Waals surface area contributed by atoms with Gasteiger partial charge >= 0.3 is 0 Å². The second-order valence-electron chi connectivity index (χ2n) is 7.68. The van der Waals surface area contributed by atoms with Crippen LogP contribution in [0.4, 0.5) is 11.6 Å². The standard InChI is InChI=1S/C21H29N5OS/c1-25-10-12-26(13-11-25)21-23-15-19(28-18-9-5-6-16(22)14-18)20(24-21)27-17-7-3-2-4-8-17/h5-6,9,14-15,17H,2-4,7-8,10-13,22H2,1H3. The summed E-state index contributed by atoms with van der Waals surface area (Å²) >= 11 is 1.62. The Balaban J connectivity index is 1.58. The highest BCUT2D eigenvalue weighted by Crippen LogP contribution is 2.36. The minimum Gasteiger partial charge on any atom is -0.473 e. The Morgan fingerprint density at radius 3 is 2.64 bits per heavy atom. The lowest BCUT2D eigenvalue weighted by molar-refractivity contribution is 0.144. The van der Waals surface area contributed by atoms with Crippen LogP contribution in [-0.4, -0.2) is 54.2 Å². The van der Waals surface area contributed by atoms with E-state index in [0.717, 1.165) is 60.4 Å². The highest BCUT2D eigenvalue weighted by atomic mass is 32.2. The number of hydrogen-bond acceptors (Lipinski definition) is 7. The summed E-state index contributed by atoms with van der Waals surface area (Å²) in [5.74, 6) is 1.49. The molecular weight excluding hydrogens is 370 g/mol. The van der Waals surface area contributed by atoms with Gasteiger partial charge in [0.1, 0.15) is 6.10 Å². The van der Waals surface area contributed by atoms with Gasteiger partial charge in [-0.05, 0) is 50.9 Å². The van der Waals surface area contributed by atoms with Crippen LogP contribution in [-0.2, 0) is 0 Å². The van der Waals surface area contributed by atoms with Gasteiger partial charge in [0.25, 0.3) is 0 Å². The Kier molecular flexibility index (Phi) is 6.22. The molecule has 2 aliphatic rings. The summed E-state index contributed by atoms with van der Waals surface area (Å²) in [6.07, 6.45) is 8.15. The molecule has 28 heavy (non-hydrogen) atoms. The molecule has 0 bridgehead atoms. The summed E-state index contributed by atoms with van der Waals surface area (Å²) in [5.41, 5.74) is 6.71. The first kappa shape index (κ1) is 19.3. The van der Waals surface area contributed by atoms with Gasteiger partial charge in [-0.2, -0.15) is 4.98 Å². The number of piperazine rings is 1. The number of aromatic nitrogens is 2. The quantitative estimate of drug-likeness (QED) is 0.769. The van der Waals surface area contributed by atoms with E-state index in [2.05, 4.69) is 27.9 Å². The highest BCUT2D eigenvalue weighted by Gasteiger charge is 2.22. The van der Waals surface area contributed by atoms with E-state index in [4.69, 9.17) is 15.5 Å². The Morgan fingerprint density at radius 1 is 1.11 bits per heavy atom. The van der Waals surface area contributed by atoms with Crippen LogP contribution < -0.4 is 15.4 Å². The van der Waals surface area contributed by atoms with E-state index in [0.29, 0.717) is 5.88 Å². The molecule has 0 atom stereocenters. The van der Waals surface area contributed by atoms with Gasteiger partial charge in [0.05, 0.1) is 11.1 Å². The van der Waals surface area contributed by atoms with Crippen molar-refractivity contribution in [2.75, 3.05) is 43.9 Å². The number of ether oxygens (including phenoxy) is 1. The molecule has 2 heterocycles. The summed E-state index contributed by atoms with van der Waals surface area (Å²) in [4.78, 5) is 16.1.